The summed E-state index contributed by atoms with van der Waals surface area (Å²) >= 11 is 0. The molecule has 2 aromatic rings. The normalized spacial score (nSPS) is 9.00. The number of nitro benzene ring substituents is 1. The molecule has 0 bridgehead atoms. The van der Waals surface area contributed by atoms with E-state index in [1.165, 1.54) is 12.1 Å². The highest BCUT2D eigenvalue weighted by atomic mass is 16.6. The molecule has 19 heavy (non-hydrogen) atoms. The molecule has 3 nitrogen and oxygen atoms in total. The van der Waals surface area contributed by atoms with E-state index in [2.05, 4.69) is 17.8 Å². The van der Waals surface area contributed by atoms with Gasteiger partial charge in [0.05, 0.1) is 4.92 Å². The number of benzene rings is 2. The zero-order valence-electron chi connectivity index (χ0n) is 9.96. The van der Waals surface area contributed by atoms with Crippen molar-refractivity contribution in [2.45, 2.75) is 0 Å². The van der Waals surface area contributed by atoms with E-state index in [1.54, 1.807) is 6.07 Å². The minimum atomic E-state index is -0.497. The highest BCUT2D eigenvalue weighted by Crippen LogP contribution is 2.18. The van der Waals surface area contributed by atoms with Gasteiger partial charge in [-0.15, -0.1) is 6.42 Å². The highest BCUT2D eigenvalue weighted by Gasteiger charge is 2.11. The molecule has 0 saturated carbocycles. The first-order valence-electron chi connectivity index (χ1n) is 5.53. The Morgan fingerprint density at radius 2 is 1.68 bits per heavy atom. The molecule has 2 aromatic carbocycles. The fraction of sp³-hybridized carbons (Fsp3) is 0. The molecule has 0 aliphatic carbocycles. The summed E-state index contributed by atoms with van der Waals surface area (Å²) in [4.78, 5) is 10.4. The van der Waals surface area contributed by atoms with Crippen LogP contribution < -0.4 is 0 Å². The largest absolute Gasteiger partial charge is 0.286 e. The smallest absolute Gasteiger partial charge is 0.258 e. The first kappa shape index (κ1) is 12.4. The summed E-state index contributed by atoms with van der Waals surface area (Å²) in [6.07, 6.45) is 5.21. The third-order valence-electron chi connectivity index (χ3n) is 2.47. The Kier molecular flexibility index (Phi) is 3.61. The number of hydrogen-bond acceptors (Lipinski definition) is 2. The topological polar surface area (TPSA) is 43.1 Å². The van der Waals surface area contributed by atoms with Crippen LogP contribution >= 0.6 is 0 Å². The van der Waals surface area contributed by atoms with Crippen molar-refractivity contribution in [1.82, 2.24) is 0 Å². The van der Waals surface area contributed by atoms with E-state index in [0.717, 1.165) is 5.56 Å². The summed E-state index contributed by atoms with van der Waals surface area (Å²) in [6, 6.07) is 14.0. The van der Waals surface area contributed by atoms with Crippen molar-refractivity contribution in [2.75, 3.05) is 0 Å². The standard InChI is InChI=1S/C16H9NO2/c1-2-15-11-10-14(12-16(15)17(18)19)9-8-13-6-4-3-5-7-13/h1,3-7,10-12H. The van der Waals surface area contributed by atoms with Crippen molar-refractivity contribution < 1.29 is 4.92 Å². The maximum Gasteiger partial charge on any atom is 0.286 e. The van der Waals surface area contributed by atoms with Gasteiger partial charge in [0.25, 0.3) is 5.69 Å². The maximum absolute atomic E-state index is 10.9. The van der Waals surface area contributed by atoms with E-state index in [-0.39, 0.29) is 11.3 Å². The fourth-order valence-corrected chi connectivity index (χ4v) is 1.55. The van der Waals surface area contributed by atoms with Gasteiger partial charge in [0.1, 0.15) is 5.56 Å². The Bertz CT molecular complexity index is 716. The molecule has 0 unspecified atom stereocenters. The van der Waals surface area contributed by atoms with Crippen LogP contribution in [0.2, 0.25) is 0 Å². The Morgan fingerprint density at radius 1 is 1.00 bits per heavy atom. The van der Waals surface area contributed by atoms with Crippen LogP contribution in [0.5, 0.6) is 0 Å². The highest BCUT2D eigenvalue weighted by molar-refractivity contribution is 5.55. The van der Waals surface area contributed by atoms with E-state index >= 15 is 0 Å². The average Bonchev–Trinajstić information content (AvgIpc) is 2.46. The molecule has 0 aliphatic heterocycles. The van der Waals surface area contributed by atoms with Gasteiger partial charge in [-0.3, -0.25) is 10.1 Å². The summed E-state index contributed by atoms with van der Waals surface area (Å²) in [5.41, 5.74) is 1.58. The van der Waals surface area contributed by atoms with Crippen molar-refractivity contribution >= 4 is 5.69 Å². The summed E-state index contributed by atoms with van der Waals surface area (Å²) in [7, 11) is 0. The van der Waals surface area contributed by atoms with Crippen LogP contribution in [0.25, 0.3) is 0 Å². The molecule has 0 aliphatic rings. The Balaban J connectivity index is 2.38. The summed E-state index contributed by atoms with van der Waals surface area (Å²) in [5.74, 6) is 8.11. The Hall–Kier alpha value is -3.04. The zero-order chi connectivity index (χ0) is 13.7. The van der Waals surface area contributed by atoms with Gasteiger partial charge in [-0.2, -0.15) is 0 Å². The molecule has 0 amide bonds. The molecule has 0 N–H and O–H groups in total. The van der Waals surface area contributed by atoms with Gasteiger partial charge in [0.15, 0.2) is 0 Å². The second-order valence-corrected chi connectivity index (χ2v) is 3.75. The molecule has 0 spiro atoms. The first-order valence-corrected chi connectivity index (χ1v) is 5.53. The lowest BCUT2D eigenvalue weighted by atomic mass is 10.1. The number of nitrogens with zero attached hydrogens (tertiary/aromatic N) is 1. The van der Waals surface area contributed by atoms with E-state index in [1.807, 2.05) is 30.3 Å². The van der Waals surface area contributed by atoms with Crippen LogP contribution in [0.15, 0.2) is 48.5 Å². The third kappa shape index (κ3) is 3.00. The SMILES string of the molecule is C#Cc1ccc(C#Cc2ccccc2)cc1[N+](=O)[O-]. The summed E-state index contributed by atoms with van der Waals surface area (Å²) in [6.45, 7) is 0. The minimum Gasteiger partial charge on any atom is -0.258 e. The van der Waals surface area contributed by atoms with Crippen molar-refractivity contribution in [2.24, 2.45) is 0 Å². The van der Waals surface area contributed by atoms with Gasteiger partial charge >= 0.3 is 0 Å². The lowest BCUT2D eigenvalue weighted by Gasteiger charge is -1.96. The molecular weight excluding hydrogens is 238 g/mol. The summed E-state index contributed by atoms with van der Waals surface area (Å²) < 4.78 is 0. The van der Waals surface area contributed by atoms with Gasteiger partial charge in [-0.05, 0) is 24.3 Å². The Morgan fingerprint density at radius 3 is 2.32 bits per heavy atom. The number of hydrogen-bond donors (Lipinski definition) is 0. The fourth-order valence-electron chi connectivity index (χ4n) is 1.55. The molecule has 90 valence electrons. The predicted molar refractivity (Wildman–Crippen MR) is 73.5 cm³/mol. The number of nitro groups is 1. The van der Waals surface area contributed by atoms with Crippen molar-refractivity contribution in [1.29, 1.82) is 0 Å². The molecule has 0 fully saturated rings. The van der Waals surface area contributed by atoms with Crippen LogP contribution in [0.3, 0.4) is 0 Å². The molecule has 0 atom stereocenters. The molecule has 0 aromatic heterocycles. The molecular formula is C16H9NO2. The maximum atomic E-state index is 10.9. The van der Waals surface area contributed by atoms with Crippen LogP contribution in [0.4, 0.5) is 5.69 Å². The molecule has 3 heteroatoms. The van der Waals surface area contributed by atoms with Crippen LogP contribution in [-0.2, 0) is 0 Å². The zero-order valence-corrected chi connectivity index (χ0v) is 9.96. The quantitative estimate of drug-likeness (QED) is 0.441. The molecule has 0 heterocycles. The second kappa shape index (κ2) is 5.53. The average molecular weight is 247 g/mol. The van der Waals surface area contributed by atoms with Crippen LogP contribution in [0.1, 0.15) is 16.7 Å². The predicted octanol–water partition coefficient (Wildman–Crippen LogP) is 2.98. The van der Waals surface area contributed by atoms with Gasteiger partial charge < -0.3 is 0 Å². The first-order chi connectivity index (χ1) is 9.20. The van der Waals surface area contributed by atoms with E-state index < -0.39 is 4.92 Å². The van der Waals surface area contributed by atoms with Gasteiger partial charge in [-0.1, -0.05) is 36.0 Å². The van der Waals surface area contributed by atoms with E-state index in [0.29, 0.717) is 5.56 Å². The van der Waals surface area contributed by atoms with Crippen molar-refractivity contribution in [3.63, 3.8) is 0 Å². The minimum absolute atomic E-state index is 0.0950. The van der Waals surface area contributed by atoms with Gasteiger partial charge in [-0.25, -0.2) is 0 Å². The lowest BCUT2D eigenvalue weighted by molar-refractivity contribution is -0.385. The van der Waals surface area contributed by atoms with E-state index in [4.69, 9.17) is 6.42 Å². The van der Waals surface area contributed by atoms with E-state index in [9.17, 15) is 10.1 Å². The van der Waals surface area contributed by atoms with Gasteiger partial charge in [0.2, 0.25) is 0 Å². The third-order valence-corrected chi connectivity index (χ3v) is 2.47. The Labute approximate surface area is 111 Å². The van der Waals surface area contributed by atoms with Crippen molar-refractivity contribution in [3.8, 4) is 24.2 Å². The number of rotatable bonds is 1. The molecule has 0 radical (unpaired) electrons. The summed E-state index contributed by atoms with van der Waals surface area (Å²) in [5, 5.41) is 10.9. The van der Waals surface area contributed by atoms with Crippen LogP contribution in [-0.4, -0.2) is 4.92 Å². The molecule has 2 rings (SSSR count). The van der Waals surface area contributed by atoms with Crippen molar-refractivity contribution in [3.05, 3.63) is 75.3 Å². The van der Waals surface area contributed by atoms with Gasteiger partial charge in [0, 0.05) is 17.2 Å². The van der Waals surface area contributed by atoms with Crippen LogP contribution in [0, 0.1) is 34.3 Å². The monoisotopic (exact) mass is 247 g/mol. The second-order valence-electron chi connectivity index (χ2n) is 3.75. The lowest BCUT2D eigenvalue weighted by Crippen LogP contribution is -1.92. The molecule has 0 saturated heterocycles. The number of terminal acetylenes is 1.